The van der Waals surface area contributed by atoms with Crippen LogP contribution in [0.5, 0.6) is 5.75 Å². The molecule has 29 heavy (non-hydrogen) atoms. The van der Waals surface area contributed by atoms with Crippen molar-refractivity contribution < 1.29 is 34.3 Å². The van der Waals surface area contributed by atoms with Crippen LogP contribution in [0.3, 0.4) is 0 Å². The highest BCUT2D eigenvalue weighted by atomic mass is 16.7. The van der Waals surface area contributed by atoms with Crippen molar-refractivity contribution in [3.63, 3.8) is 0 Å². The Hall–Kier alpha value is -2.75. The molecule has 152 valence electrons. The van der Waals surface area contributed by atoms with Crippen LogP contribution in [-0.2, 0) is 4.74 Å². The molecule has 0 bridgehead atoms. The molecule has 8 nitrogen and oxygen atoms in total. The zero-order valence-electron chi connectivity index (χ0n) is 15.2. The monoisotopic (exact) mass is 400 g/mol. The van der Waals surface area contributed by atoms with E-state index in [0.717, 1.165) is 5.56 Å². The summed E-state index contributed by atoms with van der Waals surface area (Å²) in [4.78, 5) is 12.8. The molecule has 1 aromatic heterocycles. The Morgan fingerprint density at radius 1 is 0.966 bits per heavy atom. The fraction of sp³-hybridized carbons (Fsp3) is 0.286. The lowest BCUT2D eigenvalue weighted by molar-refractivity contribution is -0.277. The molecule has 2 heterocycles. The Kier molecular flexibility index (Phi) is 5.35. The highest BCUT2D eigenvalue weighted by Gasteiger charge is 2.44. The van der Waals surface area contributed by atoms with Gasteiger partial charge >= 0.3 is 0 Å². The molecule has 1 fully saturated rings. The van der Waals surface area contributed by atoms with Gasteiger partial charge in [-0.05, 0) is 17.7 Å². The van der Waals surface area contributed by atoms with E-state index in [4.69, 9.17) is 13.9 Å². The summed E-state index contributed by atoms with van der Waals surface area (Å²) in [6.45, 7) is -0.556. The van der Waals surface area contributed by atoms with Crippen molar-refractivity contribution in [3.8, 4) is 16.9 Å². The van der Waals surface area contributed by atoms with E-state index in [1.165, 1.54) is 24.5 Å². The maximum atomic E-state index is 12.8. The standard InChI is InChI=1S/C21H20O8/c22-9-16-18(24)19(25)20(26)21(29-16)28-12-6-7-13-15(8-12)27-10-14(17(13)23)11-4-2-1-3-5-11/h1-8,10,16,18-22,24-26H,9H2/t16-,18+,19+,20-,21+/m0/s1. The second-order valence-electron chi connectivity index (χ2n) is 6.82. The van der Waals surface area contributed by atoms with Crippen LogP contribution in [0.15, 0.2) is 64.0 Å². The van der Waals surface area contributed by atoms with Gasteiger partial charge in [0, 0.05) is 6.07 Å². The maximum Gasteiger partial charge on any atom is 0.229 e. The van der Waals surface area contributed by atoms with Crippen molar-refractivity contribution in [2.24, 2.45) is 0 Å². The van der Waals surface area contributed by atoms with E-state index in [-0.39, 0.29) is 16.8 Å². The SMILES string of the molecule is O=c1c(-c2ccccc2)coc2cc(O[C@@H]3O[C@@H](CO)[C@@H](O)[C@@H](O)[C@@H]3O)ccc12. The smallest absolute Gasteiger partial charge is 0.229 e. The zero-order chi connectivity index (χ0) is 20.5. The van der Waals surface area contributed by atoms with Crippen molar-refractivity contribution in [3.05, 3.63) is 65.0 Å². The third-order valence-corrected chi connectivity index (χ3v) is 4.93. The quantitative estimate of drug-likeness (QED) is 0.502. The maximum absolute atomic E-state index is 12.8. The average molecular weight is 400 g/mol. The summed E-state index contributed by atoms with van der Waals surface area (Å²) in [6.07, 6.45) is -5.57. The minimum Gasteiger partial charge on any atom is -0.463 e. The Bertz CT molecular complexity index is 1050. The Labute approximate surface area is 165 Å². The number of rotatable bonds is 4. The molecular formula is C21H20O8. The molecule has 0 unspecified atom stereocenters. The van der Waals surface area contributed by atoms with Gasteiger partial charge in [-0.15, -0.1) is 0 Å². The molecule has 0 saturated carbocycles. The number of aliphatic hydroxyl groups excluding tert-OH is 4. The van der Waals surface area contributed by atoms with Gasteiger partial charge in [0.25, 0.3) is 0 Å². The van der Waals surface area contributed by atoms with Crippen LogP contribution >= 0.6 is 0 Å². The molecule has 4 N–H and O–H groups in total. The summed E-state index contributed by atoms with van der Waals surface area (Å²) in [5.74, 6) is 0.220. The van der Waals surface area contributed by atoms with Gasteiger partial charge in [-0.25, -0.2) is 0 Å². The molecule has 5 atom stereocenters. The summed E-state index contributed by atoms with van der Waals surface area (Å²) in [7, 11) is 0. The molecule has 4 rings (SSSR count). The fourth-order valence-electron chi connectivity index (χ4n) is 3.30. The van der Waals surface area contributed by atoms with Gasteiger partial charge in [-0.2, -0.15) is 0 Å². The summed E-state index contributed by atoms with van der Waals surface area (Å²) >= 11 is 0. The molecular weight excluding hydrogens is 380 g/mol. The second kappa shape index (κ2) is 7.94. The fourth-order valence-corrected chi connectivity index (χ4v) is 3.30. The van der Waals surface area contributed by atoms with Crippen molar-refractivity contribution >= 4 is 11.0 Å². The number of fused-ring (bicyclic) bond motifs is 1. The Morgan fingerprint density at radius 2 is 1.72 bits per heavy atom. The van der Waals surface area contributed by atoms with E-state index in [1.54, 1.807) is 0 Å². The first kappa shape index (κ1) is 19.6. The van der Waals surface area contributed by atoms with Gasteiger partial charge in [0.2, 0.25) is 6.29 Å². The van der Waals surface area contributed by atoms with Crippen LogP contribution in [0.4, 0.5) is 0 Å². The van der Waals surface area contributed by atoms with E-state index >= 15 is 0 Å². The lowest BCUT2D eigenvalue weighted by Crippen LogP contribution is -2.60. The van der Waals surface area contributed by atoms with Crippen molar-refractivity contribution in [1.82, 2.24) is 0 Å². The van der Waals surface area contributed by atoms with Gasteiger partial charge in [0.15, 0.2) is 5.43 Å². The number of ether oxygens (including phenoxy) is 2. The molecule has 0 aliphatic carbocycles. The summed E-state index contributed by atoms with van der Waals surface area (Å²) < 4.78 is 16.5. The van der Waals surface area contributed by atoms with E-state index in [0.29, 0.717) is 10.9 Å². The summed E-state index contributed by atoms with van der Waals surface area (Å²) in [5.41, 5.74) is 1.25. The van der Waals surface area contributed by atoms with Crippen LogP contribution in [0, 0.1) is 0 Å². The first-order valence-electron chi connectivity index (χ1n) is 9.07. The van der Waals surface area contributed by atoms with E-state index in [2.05, 4.69) is 0 Å². The largest absolute Gasteiger partial charge is 0.463 e. The van der Waals surface area contributed by atoms with Crippen LogP contribution in [0.1, 0.15) is 0 Å². The van der Waals surface area contributed by atoms with Gasteiger partial charge < -0.3 is 34.3 Å². The highest BCUT2D eigenvalue weighted by Crippen LogP contribution is 2.27. The zero-order valence-corrected chi connectivity index (χ0v) is 15.2. The number of aliphatic hydroxyl groups is 4. The number of hydrogen-bond acceptors (Lipinski definition) is 8. The third-order valence-electron chi connectivity index (χ3n) is 4.93. The summed E-state index contributed by atoms with van der Waals surface area (Å²) in [5, 5.41) is 39.4. The van der Waals surface area contributed by atoms with Gasteiger partial charge in [0.05, 0.1) is 17.6 Å². The molecule has 0 amide bonds. The van der Waals surface area contributed by atoms with E-state index < -0.39 is 37.3 Å². The molecule has 0 spiro atoms. The Balaban J connectivity index is 1.62. The lowest BCUT2D eigenvalue weighted by atomic mass is 9.99. The second-order valence-corrected chi connectivity index (χ2v) is 6.82. The van der Waals surface area contributed by atoms with E-state index in [9.17, 15) is 25.2 Å². The number of benzene rings is 2. The third kappa shape index (κ3) is 3.64. The van der Waals surface area contributed by atoms with Crippen LogP contribution in [0.25, 0.3) is 22.1 Å². The van der Waals surface area contributed by atoms with Gasteiger partial charge in [-0.3, -0.25) is 4.79 Å². The minimum atomic E-state index is -1.54. The van der Waals surface area contributed by atoms with Gasteiger partial charge in [-0.1, -0.05) is 30.3 Å². The van der Waals surface area contributed by atoms with Crippen molar-refractivity contribution in [1.29, 1.82) is 0 Å². The van der Waals surface area contributed by atoms with Gasteiger partial charge in [0.1, 0.15) is 42.0 Å². The molecule has 3 aromatic rings. The molecule has 1 aliphatic heterocycles. The Morgan fingerprint density at radius 3 is 2.45 bits per heavy atom. The average Bonchev–Trinajstić information content (AvgIpc) is 2.75. The molecule has 1 aliphatic rings. The molecule has 2 aromatic carbocycles. The molecule has 1 saturated heterocycles. The molecule has 8 heteroatoms. The first-order valence-corrected chi connectivity index (χ1v) is 9.07. The van der Waals surface area contributed by atoms with E-state index in [1.807, 2.05) is 30.3 Å². The minimum absolute atomic E-state index is 0.197. The van der Waals surface area contributed by atoms with Crippen LogP contribution in [0.2, 0.25) is 0 Å². The summed E-state index contributed by atoms with van der Waals surface area (Å²) in [6, 6.07) is 13.7. The first-order chi connectivity index (χ1) is 14.0. The normalized spacial score (nSPS) is 27.1. The van der Waals surface area contributed by atoms with Crippen molar-refractivity contribution in [2.75, 3.05) is 6.61 Å². The van der Waals surface area contributed by atoms with Crippen LogP contribution < -0.4 is 10.2 Å². The van der Waals surface area contributed by atoms with Crippen molar-refractivity contribution in [2.45, 2.75) is 30.7 Å². The highest BCUT2D eigenvalue weighted by molar-refractivity contribution is 5.82. The number of hydrogen-bond donors (Lipinski definition) is 4. The molecule has 0 radical (unpaired) electrons. The predicted molar refractivity (Wildman–Crippen MR) is 102 cm³/mol. The topological polar surface area (TPSA) is 130 Å². The lowest BCUT2D eigenvalue weighted by Gasteiger charge is -2.39. The predicted octanol–water partition coefficient (Wildman–Crippen LogP) is 0.639. The van der Waals surface area contributed by atoms with Crippen LogP contribution in [-0.4, -0.2) is 57.7 Å².